The van der Waals surface area contributed by atoms with Crippen LogP contribution in [0.5, 0.6) is 0 Å². The minimum Gasteiger partial charge on any atom is -0.375 e. The Kier molecular flexibility index (Phi) is 3.84. The number of hydrogen-bond acceptors (Lipinski definition) is 4. The molecule has 0 spiro atoms. The Balaban J connectivity index is 2.13. The summed E-state index contributed by atoms with van der Waals surface area (Å²) in [6.45, 7) is 1.20. The number of sulfonamides is 1. The number of hydrogen-bond donors (Lipinski definition) is 1. The summed E-state index contributed by atoms with van der Waals surface area (Å²) in [4.78, 5) is 0. The highest BCUT2D eigenvalue weighted by atomic mass is 32.2. The first-order chi connectivity index (χ1) is 7.65. The molecule has 1 saturated carbocycles. The number of nitrogens with two attached hydrogens (primary N) is 1. The summed E-state index contributed by atoms with van der Waals surface area (Å²) < 4.78 is 31.3. The molecule has 0 aromatic heterocycles. The van der Waals surface area contributed by atoms with Gasteiger partial charge in [0.25, 0.3) is 0 Å². The van der Waals surface area contributed by atoms with Crippen molar-refractivity contribution in [2.45, 2.75) is 37.8 Å². The fraction of sp³-hybridized carbons (Fsp3) is 1.00. The van der Waals surface area contributed by atoms with Crippen LogP contribution in [0, 0.1) is 0 Å². The molecule has 1 aliphatic heterocycles. The van der Waals surface area contributed by atoms with Crippen molar-refractivity contribution < 1.29 is 13.2 Å². The Morgan fingerprint density at radius 1 is 1.31 bits per heavy atom. The normalized spacial score (nSPS) is 32.3. The van der Waals surface area contributed by atoms with Crippen LogP contribution in [0.3, 0.4) is 0 Å². The molecule has 2 rings (SSSR count). The van der Waals surface area contributed by atoms with E-state index < -0.39 is 10.0 Å². The minimum absolute atomic E-state index is 0.0518. The fourth-order valence-corrected chi connectivity index (χ4v) is 4.21. The van der Waals surface area contributed by atoms with Crippen molar-refractivity contribution >= 4 is 10.0 Å². The number of rotatable bonds is 3. The van der Waals surface area contributed by atoms with Crippen LogP contribution in [0.15, 0.2) is 0 Å². The molecular formula is C10H20N2O3S. The Morgan fingerprint density at radius 2 is 2.06 bits per heavy atom. The highest BCUT2D eigenvalue weighted by molar-refractivity contribution is 7.89. The van der Waals surface area contributed by atoms with Crippen molar-refractivity contribution in [1.82, 2.24) is 4.31 Å². The highest BCUT2D eigenvalue weighted by Gasteiger charge is 2.39. The first-order valence-electron chi connectivity index (χ1n) is 5.96. The van der Waals surface area contributed by atoms with E-state index >= 15 is 0 Å². The molecule has 2 N–H and O–H groups in total. The van der Waals surface area contributed by atoms with Gasteiger partial charge >= 0.3 is 0 Å². The Labute approximate surface area is 97.0 Å². The van der Waals surface area contributed by atoms with E-state index in [1.54, 1.807) is 4.31 Å². The molecule has 94 valence electrons. The fourth-order valence-electron chi connectivity index (χ4n) is 2.67. The number of ether oxygens (including phenoxy) is 1. The van der Waals surface area contributed by atoms with Gasteiger partial charge in [0.15, 0.2) is 0 Å². The molecule has 2 atom stereocenters. The van der Waals surface area contributed by atoms with Crippen molar-refractivity contribution in [3.8, 4) is 0 Å². The number of morpholine rings is 1. The zero-order valence-electron chi connectivity index (χ0n) is 9.47. The van der Waals surface area contributed by atoms with Gasteiger partial charge in [-0.25, -0.2) is 8.42 Å². The molecule has 1 aliphatic carbocycles. The van der Waals surface area contributed by atoms with Gasteiger partial charge in [0, 0.05) is 13.1 Å². The molecule has 1 saturated heterocycles. The van der Waals surface area contributed by atoms with Gasteiger partial charge in [-0.05, 0) is 12.8 Å². The van der Waals surface area contributed by atoms with Gasteiger partial charge in [0.05, 0.1) is 24.5 Å². The smallest absolute Gasteiger partial charge is 0.215 e. The largest absolute Gasteiger partial charge is 0.375 e. The van der Waals surface area contributed by atoms with Crippen LogP contribution in [-0.4, -0.2) is 50.3 Å². The van der Waals surface area contributed by atoms with Gasteiger partial charge in [-0.15, -0.1) is 0 Å². The molecule has 0 bridgehead atoms. The predicted octanol–water partition coefficient (Wildman–Crippen LogP) is -0.0817. The summed E-state index contributed by atoms with van der Waals surface area (Å²) in [6, 6.07) is 0.0547. The zero-order valence-corrected chi connectivity index (χ0v) is 10.3. The van der Waals surface area contributed by atoms with Crippen LogP contribution >= 0.6 is 0 Å². The van der Waals surface area contributed by atoms with E-state index in [-0.39, 0.29) is 24.4 Å². The molecule has 0 radical (unpaired) electrons. The van der Waals surface area contributed by atoms with Crippen LogP contribution in [0.2, 0.25) is 0 Å². The quantitative estimate of drug-likeness (QED) is 0.758. The molecule has 0 aromatic rings. The Hall–Kier alpha value is -0.170. The molecule has 16 heavy (non-hydrogen) atoms. The summed E-state index contributed by atoms with van der Waals surface area (Å²) in [5.74, 6) is 0.0518. The Bertz CT molecular complexity index is 329. The number of fused-ring (bicyclic) bond motifs is 1. The maximum atomic E-state index is 12.0. The molecule has 2 unspecified atom stereocenters. The molecule has 6 heteroatoms. The minimum atomic E-state index is -3.18. The molecular weight excluding hydrogens is 228 g/mol. The van der Waals surface area contributed by atoms with Gasteiger partial charge < -0.3 is 10.5 Å². The van der Waals surface area contributed by atoms with E-state index in [1.807, 2.05) is 0 Å². The first-order valence-corrected chi connectivity index (χ1v) is 7.57. The monoisotopic (exact) mass is 248 g/mol. The maximum absolute atomic E-state index is 12.0. The Morgan fingerprint density at radius 3 is 2.81 bits per heavy atom. The SMILES string of the molecule is NCCS(=O)(=O)N1CCOC2CCCCC21. The molecule has 5 nitrogen and oxygen atoms in total. The lowest BCUT2D eigenvalue weighted by molar-refractivity contribution is -0.0585. The summed E-state index contributed by atoms with van der Waals surface area (Å²) in [5, 5.41) is 0. The summed E-state index contributed by atoms with van der Waals surface area (Å²) in [6.07, 6.45) is 4.26. The lowest BCUT2D eigenvalue weighted by Gasteiger charge is -2.42. The maximum Gasteiger partial charge on any atom is 0.215 e. The third-order valence-corrected chi connectivity index (χ3v) is 5.33. The van der Waals surface area contributed by atoms with E-state index in [2.05, 4.69) is 0 Å². The molecule has 1 heterocycles. The van der Waals surface area contributed by atoms with E-state index in [4.69, 9.17) is 10.5 Å². The van der Waals surface area contributed by atoms with Crippen molar-refractivity contribution in [3.63, 3.8) is 0 Å². The standard InChI is InChI=1S/C10H20N2O3S/c11-5-8-16(13,14)12-6-7-15-10-4-2-1-3-9(10)12/h9-10H,1-8,11H2. The van der Waals surface area contributed by atoms with Crippen molar-refractivity contribution in [2.24, 2.45) is 5.73 Å². The van der Waals surface area contributed by atoms with Crippen molar-refractivity contribution in [1.29, 1.82) is 0 Å². The zero-order chi connectivity index (χ0) is 11.6. The third-order valence-electron chi connectivity index (χ3n) is 3.41. The molecule has 2 aliphatic rings. The third kappa shape index (κ3) is 2.40. The average Bonchev–Trinajstić information content (AvgIpc) is 2.28. The summed E-state index contributed by atoms with van der Waals surface area (Å²) in [7, 11) is -3.18. The van der Waals surface area contributed by atoms with Crippen LogP contribution in [0.4, 0.5) is 0 Å². The van der Waals surface area contributed by atoms with E-state index in [9.17, 15) is 8.42 Å². The highest BCUT2D eigenvalue weighted by Crippen LogP contribution is 2.30. The lowest BCUT2D eigenvalue weighted by Crippen LogP contribution is -2.55. The lowest BCUT2D eigenvalue weighted by atomic mass is 9.91. The number of nitrogens with zero attached hydrogens (tertiary/aromatic N) is 1. The van der Waals surface area contributed by atoms with Crippen LogP contribution in [0.25, 0.3) is 0 Å². The second-order valence-corrected chi connectivity index (χ2v) is 6.52. The van der Waals surface area contributed by atoms with E-state index in [1.165, 1.54) is 0 Å². The molecule has 0 amide bonds. The van der Waals surface area contributed by atoms with Crippen LogP contribution < -0.4 is 5.73 Å². The van der Waals surface area contributed by atoms with Crippen LogP contribution in [-0.2, 0) is 14.8 Å². The average molecular weight is 248 g/mol. The summed E-state index contributed by atoms with van der Waals surface area (Å²) >= 11 is 0. The predicted molar refractivity (Wildman–Crippen MR) is 61.5 cm³/mol. The van der Waals surface area contributed by atoms with E-state index in [0.717, 1.165) is 25.7 Å². The second-order valence-electron chi connectivity index (χ2n) is 4.48. The van der Waals surface area contributed by atoms with Gasteiger partial charge in [-0.3, -0.25) is 0 Å². The van der Waals surface area contributed by atoms with Gasteiger partial charge in [-0.2, -0.15) is 4.31 Å². The van der Waals surface area contributed by atoms with Crippen LogP contribution in [0.1, 0.15) is 25.7 Å². The van der Waals surface area contributed by atoms with Gasteiger partial charge in [-0.1, -0.05) is 12.8 Å². The molecule has 0 aromatic carbocycles. The van der Waals surface area contributed by atoms with Gasteiger partial charge in [0.1, 0.15) is 0 Å². The summed E-state index contributed by atoms with van der Waals surface area (Å²) in [5.41, 5.74) is 5.35. The van der Waals surface area contributed by atoms with Crippen molar-refractivity contribution in [2.75, 3.05) is 25.4 Å². The second kappa shape index (κ2) is 5.00. The van der Waals surface area contributed by atoms with Gasteiger partial charge in [0.2, 0.25) is 10.0 Å². The molecule has 2 fully saturated rings. The van der Waals surface area contributed by atoms with E-state index in [0.29, 0.717) is 13.2 Å². The topological polar surface area (TPSA) is 72.6 Å². The van der Waals surface area contributed by atoms with Crippen molar-refractivity contribution in [3.05, 3.63) is 0 Å². The first kappa shape index (κ1) is 12.3.